The van der Waals surface area contributed by atoms with E-state index in [1.54, 1.807) is 41.9 Å². The summed E-state index contributed by atoms with van der Waals surface area (Å²) in [5.41, 5.74) is 1.70. The number of hydrogen-bond acceptors (Lipinski definition) is 8. The zero-order valence-corrected chi connectivity index (χ0v) is 17.1. The van der Waals surface area contributed by atoms with E-state index in [1.807, 2.05) is 12.1 Å². The number of rotatable bonds is 6. The number of aromatic nitrogens is 1. The van der Waals surface area contributed by atoms with Crippen LogP contribution in [0.4, 0.5) is 5.69 Å². The minimum absolute atomic E-state index is 0.0423. The number of non-ortho nitro benzene ring substituents is 1. The van der Waals surface area contributed by atoms with Gasteiger partial charge < -0.3 is 4.74 Å². The van der Waals surface area contributed by atoms with Gasteiger partial charge in [-0.1, -0.05) is 23.9 Å². The lowest BCUT2D eigenvalue weighted by Gasteiger charge is -2.06. The van der Waals surface area contributed by atoms with E-state index in [2.05, 4.69) is 4.98 Å². The largest absolute Gasteiger partial charge is 0.489 e. The van der Waals surface area contributed by atoms with Crippen molar-refractivity contribution in [3.63, 3.8) is 0 Å². The van der Waals surface area contributed by atoms with Gasteiger partial charge in [-0.2, -0.15) is 0 Å². The molecule has 30 heavy (non-hydrogen) atoms. The first-order chi connectivity index (χ1) is 14.5. The number of nitrogens with one attached hydrogen (secondary N) is 1. The highest BCUT2D eigenvalue weighted by atomic mass is 32.2. The van der Waals surface area contributed by atoms with Gasteiger partial charge >= 0.3 is 0 Å². The van der Waals surface area contributed by atoms with Crippen molar-refractivity contribution < 1.29 is 14.5 Å². The number of carbonyl (C=O) groups excluding carboxylic acids is 1. The number of ketones is 1. The Hall–Kier alpha value is -3.30. The lowest BCUT2D eigenvalue weighted by atomic mass is 10.1. The van der Waals surface area contributed by atoms with Gasteiger partial charge in [0.2, 0.25) is 0 Å². The van der Waals surface area contributed by atoms with Crippen LogP contribution >= 0.6 is 23.1 Å². The molecule has 0 radical (unpaired) electrons. The Morgan fingerprint density at radius 1 is 1.17 bits per heavy atom. The van der Waals surface area contributed by atoms with Gasteiger partial charge in [-0.3, -0.25) is 20.3 Å². The normalized spacial score (nSPS) is 17.5. The number of carbonyl (C=O) groups is 1. The third-order valence-corrected chi connectivity index (χ3v) is 6.25. The third-order valence-electron chi connectivity index (χ3n) is 4.42. The number of allylic oxidation sites excluding steroid dienone is 1. The van der Waals surface area contributed by atoms with Crippen LogP contribution in [0, 0.1) is 15.5 Å². The number of nitro groups is 1. The van der Waals surface area contributed by atoms with Crippen LogP contribution in [-0.2, 0) is 11.4 Å². The van der Waals surface area contributed by atoms with Crippen molar-refractivity contribution in [2.75, 3.05) is 0 Å². The molecule has 0 saturated carbocycles. The average Bonchev–Trinajstić information content (AvgIpc) is 3.36. The maximum absolute atomic E-state index is 12.7. The zero-order chi connectivity index (χ0) is 21.1. The quantitative estimate of drug-likeness (QED) is 0.329. The Labute approximate surface area is 180 Å². The van der Waals surface area contributed by atoms with Crippen molar-refractivity contribution in [2.24, 2.45) is 0 Å². The first-order valence-corrected chi connectivity index (χ1v) is 10.6. The summed E-state index contributed by atoms with van der Waals surface area (Å²) >= 11 is 2.55. The summed E-state index contributed by atoms with van der Waals surface area (Å²) in [7, 11) is 0. The molecule has 2 aromatic carbocycles. The van der Waals surface area contributed by atoms with Crippen molar-refractivity contribution in [2.45, 2.75) is 12.5 Å². The SMILES string of the molecule is N=C1SC(=Cc2ccc(OCc3ccc([N+](=O)[O-])cc3)cc2)C(=O)C1c1nccs1. The summed E-state index contributed by atoms with van der Waals surface area (Å²) in [5, 5.41) is 21.6. The zero-order valence-electron chi connectivity index (χ0n) is 15.5. The van der Waals surface area contributed by atoms with E-state index in [0.29, 0.717) is 27.3 Å². The highest BCUT2D eigenvalue weighted by molar-refractivity contribution is 8.19. The third kappa shape index (κ3) is 4.32. The molecule has 0 bridgehead atoms. The van der Waals surface area contributed by atoms with Crippen LogP contribution in [0.5, 0.6) is 5.75 Å². The lowest BCUT2D eigenvalue weighted by Crippen LogP contribution is -2.11. The molecule has 0 spiro atoms. The van der Waals surface area contributed by atoms with Crippen LogP contribution in [0.2, 0.25) is 0 Å². The molecule has 1 unspecified atom stereocenters. The van der Waals surface area contributed by atoms with Gasteiger partial charge in [-0.05, 0) is 41.5 Å². The second-order valence-electron chi connectivity index (χ2n) is 6.42. The van der Waals surface area contributed by atoms with E-state index in [1.165, 1.54) is 35.2 Å². The molecular weight excluding hydrogens is 422 g/mol. The fraction of sp³-hybridized carbons (Fsp3) is 0.0952. The number of thioether (sulfide) groups is 1. The van der Waals surface area contributed by atoms with Gasteiger partial charge in [0.1, 0.15) is 23.3 Å². The van der Waals surface area contributed by atoms with Gasteiger partial charge in [0, 0.05) is 23.7 Å². The highest BCUT2D eigenvalue weighted by Gasteiger charge is 2.38. The predicted octanol–water partition coefficient (Wildman–Crippen LogP) is 5.05. The molecule has 1 fully saturated rings. The Morgan fingerprint density at radius 3 is 2.53 bits per heavy atom. The van der Waals surface area contributed by atoms with Gasteiger partial charge in [0.05, 0.1) is 14.9 Å². The first-order valence-electron chi connectivity index (χ1n) is 8.89. The summed E-state index contributed by atoms with van der Waals surface area (Å²) in [5.74, 6) is -0.0432. The van der Waals surface area contributed by atoms with Crippen LogP contribution < -0.4 is 4.74 Å². The minimum Gasteiger partial charge on any atom is -0.489 e. The molecule has 0 amide bonds. The fourth-order valence-electron chi connectivity index (χ4n) is 2.88. The molecule has 1 atom stereocenters. The van der Waals surface area contributed by atoms with Gasteiger partial charge in [0.15, 0.2) is 5.78 Å². The summed E-state index contributed by atoms with van der Waals surface area (Å²) in [6, 6.07) is 13.5. The summed E-state index contributed by atoms with van der Waals surface area (Å²) < 4.78 is 5.72. The minimum atomic E-state index is -0.592. The molecule has 1 aliphatic heterocycles. The van der Waals surface area contributed by atoms with Crippen LogP contribution in [-0.4, -0.2) is 20.7 Å². The maximum Gasteiger partial charge on any atom is 0.269 e. The summed E-state index contributed by atoms with van der Waals surface area (Å²) in [6.07, 6.45) is 3.41. The Balaban J connectivity index is 1.40. The molecule has 150 valence electrons. The number of benzene rings is 2. The van der Waals surface area contributed by atoms with Crippen LogP contribution in [0.3, 0.4) is 0 Å². The Morgan fingerprint density at radius 2 is 1.90 bits per heavy atom. The van der Waals surface area contributed by atoms with Crippen LogP contribution in [0.1, 0.15) is 22.1 Å². The van der Waals surface area contributed by atoms with E-state index in [-0.39, 0.29) is 11.5 Å². The number of ether oxygens (including phenoxy) is 1. The molecule has 1 aliphatic rings. The topological polar surface area (TPSA) is 106 Å². The highest BCUT2D eigenvalue weighted by Crippen LogP contribution is 2.41. The van der Waals surface area contributed by atoms with E-state index in [0.717, 1.165) is 11.1 Å². The van der Waals surface area contributed by atoms with Crippen molar-refractivity contribution in [1.82, 2.24) is 4.98 Å². The smallest absolute Gasteiger partial charge is 0.269 e. The lowest BCUT2D eigenvalue weighted by molar-refractivity contribution is -0.384. The van der Waals surface area contributed by atoms with Crippen molar-refractivity contribution in [3.05, 3.63) is 91.3 Å². The summed E-state index contributed by atoms with van der Waals surface area (Å²) in [4.78, 5) is 27.6. The number of nitrogens with zero attached hydrogens (tertiary/aromatic N) is 2. The van der Waals surface area contributed by atoms with Gasteiger partial charge in [0.25, 0.3) is 5.69 Å². The van der Waals surface area contributed by atoms with E-state index in [4.69, 9.17) is 10.1 Å². The van der Waals surface area contributed by atoms with Gasteiger partial charge in [-0.25, -0.2) is 4.98 Å². The maximum atomic E-state index is 12.7. The van der Waals surface area contributed by atoms with Crippen molar-refractivity contribution in [3.8, 4) is 5.75 Å². The number of Topliss-reactive ketones (excluding diaryl/α,β-unsaturated/α-hetero) is 1. The van der Waals surface area contributed by atoms with Crippen LogP contribution in [0.15, 0.2) is 65.0 Å². The molecular formula is C21H15N3O4S2. The van der Waals surface area contributed by atoms with Crippen LogP contribution in [0.25, 0.3) is 6.08 Å². The molecule has 1 aromatic heterocycles. The van der Waals surface area contributed by atoms with E-state index in [9.17, 15) is 14.9 Å². The second-order valence-corrected chi connectivity index (χ2v) is 8.43. The monoisotopic (exact) mass is 437 g/mol. The number of hydrogen-bond donors (Lipinski definition) is 1. The predicted molar refractivity (Wildman–Crippen MR) is 117 cm³/mol. The number of nitro benzene ring substituents is 1. The molecule has 9 heteroatoms. The van der Waals surface area contributed by atoms with E-state index < -0.39 is 10.8 Å². The standard InChI is InChI=1S/C21H15N3O4S2/c22-20-18(21-23-9-10-29-21)19(25)17(30-20)11-13-3-7-16(8-4-13)28-12-14-1-5-15(6-2-14)24(26)27/h1-11,18,22H,12H2. The molecule has 4 rings (SSSR count). The molecule has 3 aromatic rings. The molecule has 0 aliphatic carbocycles. The summed E-state index contributed by atoms with van der Waals surface area (Å²) in [6.45, 7) is 0.291. The van der Waals surface area contributed by atoms with E-state index >= 15 is 0 Å². The fourth-order valence-corrected chi connectivity index (χ4v) is 4.69. The average molecular weight is 438 g/mol. The van der Waals surface area contributed by atoms with Gasteiger partial charge in [-0.15, -0.1) is 11.3 Å². The molecule has 1 N–H and O–H groups in total. The molecule has 2 heterocycles. The number of thiazole rings is 1. The second kappa shape index (κ2) is 8.60. The Bertz CT molecular complexity index is 1120. The first kappa shape index (κ1) is 20.0. The molecule has 1 saturated heterocycles. The molecule has 7 nitrogen and oxygen atoms in total. The van der Waals surface area contributed by atoms with Crippen molar-refractivity contribution >= 4 is 45.7 Å². The Kier molecular flexibility index (Phi) is 5.73. The van der Waals surface area contributed by atoms with Crippen molar-refractivity contribution in [1.29, 1.82) is 5.41 Å².